The molecule has 0 bridgehead atoms. The number of nitrogens with two attached hydrogens (primary N) is 1. The minimum Gasteiger partial charge on any atom is -0.480 e. The summed E-state index contributed by atoms with van der Waals surface area (Å²) < 4.78 is 0. The predicted octanol–water partition coefficient (Wildman–Crippen LogP) is -13.8. The Morgan fingerprint density at radius 3 is 0.618 bits per heavy atom. The lowest BCUT2D eigenvalue weighted by Crippen LogP contribution is -2.62. The second kappa shape index (κ2) is 25.8. The van der Waals surface area contributed by atoms with E-state index >= 15 is 0 Å². The Kier molecular flexibility index (Phi) is 23.4. The smallest absolute Gasteiger partial charge is 0.328 e. The monoisotopic (exact) mass is 801 g/mol. The number of carbonyl (C=O) groups is 9. The van der Waals surface area contributed by atoms with Crippen LogP contribution in [0.3, 0.4) is 0 Å². The van der Waals surface area contributed by atoms with Crippen molar-refractivity contribution >= 4 is 53.2 Å². The number of aliphatic hydroxyl groups excluding tert-OH is 9. The van der Waals surface area contributed by atoms with E-state index in [0.717, 1.165) is 0 Å². The summed E-state index contributed by atoms with van der Waals surface area (Å²) in [7, 11) is 0. The van der Waals surface area contributed by atoms with Crippen LogP contribution in [0.25, 0.3) is 0 Å². The van der Waals surface area contributed by atoms with E-state index in [-0.39, 0.29) is 0 Å². The molecule has 9 atom stereocenters. The number of aliphatic hydroxyl groups is 9. The highest BCUT2D eigenvalue weighted by Gasteiger charge is 2.34. The molecule has 314 valence electrons. The average Bonchev–Trinajstić information content (AvgIpc) is 3.17. The lowest BCUT2D eigenvalue weighted by molar-refractivity contribution is -0.143. The number of hydrogen-bond donors (Lipinski definition) is 19. The summed E-state index contributed by atoms with van der Waals surface area (Å²) in [6, 6.07) is -16.5. The molecule has 0 rings (SSSR count). The highest BCUT2D eigenvalue weighted by Crippen LogP contribution is 1.97. The summed E-state index contributed by atoms with van der Waals surface area (Å²) in [5.74, 6) is -11.9. The van der Waals surface area contributed by atoms with Crippen molar-refractivity contribution in [2.45, 2.75) is 54.4 Å². The second-order valence-corrected chi connectivity index (χ2v) is 11.1. The average molecular weight is 802 g/mol. The van der Waals surface area contributed by atoms with Crippen molar-refractivity contribution in [3.63, 3.8) is 0 Å². The maximum Gasteiger partial charge on any atom is 0.328 e. The molecular formula is C27H47N9O19. The number of rotatable bonds is 26. The van der Waals surface area contributed by atoms with E-state index in [2.05, 4.69) is 0 Å². The van der Waals surface area contributed by atoms with Crippen molar-refractivity contribution < 1.29 is 94.2 Å². The molecule has 0 radical (unpaired) electrons. The summed E-state index contributed by atoms with van der Waals surface area (Å²) in [4.78, 5) is 111. The maximum atomic E-state index is 12.8. The topological polar surface area (TPSA) is 478 Å². The van der Waals surface area contributed by atoms with Crippen molar-refractivity contribution in [2.24, 2.45) is 5.73 Å². The van der Waals surface area contributed by atoms with Crippen LogP contribution in [0.1, 0.15) is 0 Å². The van der Waals surface area contributed by atoms with Crippen LogP contribution < -0.4 is 48.3 Å². The van der Waals surface area contributed by atoms with E-state index in [1.807, 2.05) is 42.5 Å². The SMILES string of the molecule is N[C@@H](CO)C(=O)N[C@@H](CO)C(=O)N[C@@H](CO)C(=O)N[C@@H](CO)C(=O)N[C@@H](CO)C(=O)N[C@@H](CO)C(=O)N[C@@H](CO)C(=O)N[C@@H](CO)C(=O)N[C@@H](CO)C(=O)O. The third-order valence-electron chi connectivity index (χ3n) is 7.04. The van der Waals surface area contributed by atoms with E-state index in [1.54, 1.807) is 0 Å². The molecule has 0 aliphatic rings. The van der Waals surface area contributed by atoms with Crippen molar-refractivity contribution in [2.75, 3.05) is 59.5 Å². The van der Waals surface area contributed by atoms with Crippen LogP contribution >= 0.6 is 0 Å². The van der Waals surface area contributed by atoms with Crippen molar-refractivity contribution in [1.82, 2.24) is 42.5 Å². The quantitative estimate of drug-likeness (QED) is 0.0386. The first-order valence-corrected chi connectivity index (χ1v) is 15.8. The number of hydrogen-bond acceptors (Lipinski definition) is 19. The first-order chi connectivity index (χ1) is 25.9. The molecule has 28 heteroatoms. The molecule has 0 saturated carbocycles. The molecule has 0 saturated heterocycles. The fraction of sp³-hybridized carbons (Fsp3) is 0.667. The standard InChI is InChI=1S/C27H47N9O19/c28-10(1-37)19(46)29-11(2-38)20(47)30-12(3-39)21(48)31-13(4-40)22(49)32-14(5-41)23(50)33-15(6-42)24(51)34-16(7-43)25(52)35-17(8-44)26(53)36-18(9-45)27(54)55/h10-18,37-45H,1-9,28H2,(H,29,46)(H,30,47)(H,31,48)(H,32,49)(H,33,50)(H,34,51)(H,35,52)(H,36,53)(H,54,55)/t10-,11-,12-,13-,14-,15-,16-,17-,18-/m0/s1. The summed E-state index contributed by atoms with van der Waals surface area (Å²) in [6.07, 6.45) is 0. The number of nitrogens with one attached hydrogen (secondary N) is 8. The molecule has 0 heterocycles. The van der Waals surface area contributed by atoms with Crippen LogP contribution in [-0.4, -0.2) is 218 Å². The summed E-state index contributed by atoms with van der Waals surface area (Å²) in [5, 5.41) is 109. The number of carboxylic acid groups (broad SMARTS) is 1. The fourth-order valence-corrected chi connectivity index (χ4v) is 3.81. The van der Waals surface area contributed by atoms with Crippen LogP contribution in [0.5, 0.6) is 0 Å². The molecule has 0 spiro atoms. The normalized spacial score (nSPS) is 15.8. The van der Waals surface area contributed by atoms with Gasteiger partial charge in [0.15, 0.2) is 0 Å². The van der Waals surface area contributed by atoms with Crippen molar-refractivity contribution in [3.8, 4) is 0 Å². The highest BCUT2D eigenvalue weighted by atomic mass is 16.4. The van der Waals surface area contributed by atoms with Gasteiger partial charge in [-0.15, -0.1) is 0 Å². The number of amides is 8. The highest BCUT2D eigenvalue weighted by molar-refractivity contribution is 5.98. The van der Waals surface area contributed by atoms with Gasteiger partial charge in [0.05, 0.1) is 59.5 Å². The van der Waals surface area contributed by atoms with Gasteiger partial charge in [0.25, 0.3) is 0 Å². The lowest BCUT2D eigenvalue weighted by Gasteiger charge is -2.26. The van der Waals surface area contributed by atoms with E-state index in [1.165, 1.54) is 0 Å². The Balaban J connectivity index is 5.52. The Labute approximate surface area is 309 Å². The minimum atomic E-state index is -1.96. The van der Waals surface area contributed by atoms with Gasteiger partial charge in [-0.05, 0) is 0 Å². The van der Waals surface area contributed by atoms with Gasteiger partial charge in [-0.3, -0.25) is 38.4 Å². The van der Waals surface area contributed by atoms with Gasteiger partial charge >= 0.3 is 5.97 Å². The number of carbonyl (C=O) groups excluding carboxylic acids is 8. The molecule has 0 unspecified atom stereocenters. The van der Waals surface area contributed by atoms with Crippen LogP contribution in [0.15, 0.2) is 0 Å². The fourth-order valence-electron chi connectivity index (χ4n) is 3.81. The molecule has 55 heavy (non-hydrogen) atoms. The van der Waals surface area contributed by atoms with Crippen LogP contribution in [-0.2, 0) is 43.2 Å². The first-order valence-electron chi connectivity index (χ1n) is 15.8. The third kappa shape index (κ3) is 16.4. The summed E-state index contributed by atoms with van der Waals surface area (Å²) in [6.45, 7) is -9.86. The van der Waals surface area contributed by atoms with Crippen LogP contribution in [0.2, 0.25) is 0 Å². The van der Waals surface area contributed by atoms with Gasteiger partial charge in [-0.2, -0.15) is 0 Å². The van der Waals surface area contributed by atoms with Gasteiger partial charge in [0.1, 0.15) is 54.4 Å². The number of aliphatic carboxylic acids is 1. The molecule has 28 nitrogen and oxygen atoms in total. The van der Waals surface area contributed by atoms with Crippen LogP contribution in [0.4, 0.5) is 0 Å². The largest absolute Gasteiger partial charge is 0.480 e. The summed E-state index contributed by atoms with van der Waals surface area (Å²) in [5.41, 5.74) is 5.31. The Morgan fingerprint density at radius 2 is 0.473 bits per heavy atom. The zero-order chi connectivity index (χ0) is 42.4. The zero-order valence-corrected chi connectivity index (χ0v) is 28.8. The van der Waals surface area contributed by atoms with Gasteiger partial charge in [0, 0.05) is 0 Å². The predicted molar refractivity (Wildman–Crippen MR) is 175 cm³/mol. The van der Waals surface area contributed by atoms with Gasteiger partial charge in [-0.25, -0.2) is 4.79 Å². The maximum absolute atomic E-state index is 12.8. The Hall–Kier alpha value is -5.17. The van der Waals surface area contributed by atoms with Gasteiger partial charge in [0.2, 0.25) is 47.3 Å². The molecule has 0 aromatic heterocycles. The molecule has 0 aliphatic carbocycles. The van der Waals surface area contributed by atoms with E-state index in [9.17, 15) is 78.9 Å². The minimum absolute atomic E-state index is 0.815. The molecule has 0 aromatic rings. The number of carboxylic acids is 1. The lowest BCUT2D eigenvalue weighted by atomic mass is 10.1. The molecule has 8 amide bonds. The van der Waals surface area contributed by atoms with Crippen molar-refractivity contribution in [3.05, 3.63) is 0 Å². The second-order valence-electron chi connectivity index (χ2n) is 11.1. The first kappa shape index (κ1) is 49.8. The van der Waals surface area contributed by atoms with E-state index < -0.39 is 167 Å². The molecule has 0 fully saturated rings. The third-order valence-corrected chi connectivity index (χ3v) is 7.04. The van der Waals surface area contributed by atoms with Crippen molar-refractivity contribution in [1.29, 1.82) is 0 Å². The van der Waals surface area contributed by atoms with Gasteiger partial charge < -0.3 is 99.3 Å². The molecule has 0 aliphatic heterocycles. The Morgan fingerprint density at radius 1 is 0.309 bits per heavy atom. The van der Waals surface area contributed by atoms with Crippen LogP contribution in [0, 0.1) is 0 Å². The molecule has 0 aromatic carbocycles. The molecular weight excluding hydrogens is 754 g/mol. The van der Waals surface area contributed by atoms with E-state index in [4.69, 9.17) is 21.1 Å². The summed E-state index contributed by atoms with van der Waals surface area (Å²) >= 11 is 0. The molecule has 20 N–H and O–H groups in total. The van der Waals surface area contributed by atoms with Gasteiger partial charge in [-0.1, -0.05) is 0 Å². The van der Waals surface area contributed by atoms with E-state index in [0.29, 0.717) is 0 Å². The zero-order valence-electron chi connectivity index (χ0n) is 28.8. The Bertz CT molecular complexity index is 1340.